The van der Waals surface area contributed by atoms with E-state index in [-0.39, 0.29) is 17.5 Å². The number of H-pyrrole nitrogens is 1. The van der Waals surface area contributed by atoms with Crippen LogP contribution < -0.4 is 9.47 Å². The van der Waals surface area contributed by atoms with E-state index in [0.29, 0.717) is 21.8 Å². The quantitative estimate of drug-likeness (QED) is 0.589. The van der Waals surface area contributed by atoms with Crippen LogP contribution in [-0.4, -0.2) is 22.5 Å². The van der Waals surface area contributed by atoms with E-state index in [1.54, 1.807) is 24.3 Å². The van der Waals surface area contributed by atoms with Gasteiger partial charge >= 0.3 is 6.36 Å². The Labute approximate surface area is 173 Å². The Morgan fingerprint density at radius 2 is 1.80 bits per heavy atom. The summed E-state index contributed by atoms with van der Waals surface area (Å²) in [5.74, 6) is -2.21. The number of nitriles is 1. The first-order valence-electron chi connectivity index (χ1n) is 8.62. The normalized spacial score (nSPS) is 18.3. The van der Waals surface area contributed by atoms with Crippen molar-refractivity contribution >= 4 is 17.5 Å². The molecule has 6 nitrogen and oxygen atoms in total. The molecular weight excluding hydrogens is 421 g/mol. The van der Waals surface area contributed by atoms with Crippen molar-refractivity contribution in [2.45, 2.75) is 12.3 Å². The predicted molar refractivity (Wildman–Crippen MR) is 101 cm³/mol. The second-order valence-corrected chi connectivity index (χ2v) is 6.93. The van der Waals surface area contributed by atoms with Crippen molar-refractivity contribution in [2.75, 3.05) is 0 Å². The minimum Gasteiger partial charge on any atom is -0.422 e. The fourth-order valence-electron chi connectivity index (χ4n) is 3.39. The monoisotopic (exact) mass is 432 g/mol. The summed E-state index contributed by atoms with van der Waals surface area (Å²) in [7, 11) is 0. The first-order chi connectivity index (χ1) is 14.3. The molecule has 1 aromatic heterocycles. The fourth-order valence-corrected chi connectivity index (χ4v) is 3.52. The Morgan fingerprint density at radius 1 is 1.13 bits per heavy atom. The number of nitrogens with zero attached hydrogens (tertiary/aromatic N) is 2. The number of hydrogen-bond donors (Lipinski definition) is 2. The maximum absolute atomic E-state index is 12.5. The smallest absolute Gasteiger partial charge is 0.422 e. The standard InChI is InChI=1S/C20H12ClF3N4O2/c21-12-5-1-11(2-6-12)17-16-15(14(9-25)18(26)29-19(16)28-27-17)10-3-7-13(8-4-10)30-20(22,23)24/h1-8,14-15,26H,(H,27,28). The number of fused-ring (bicyclic) bond motifs is 1. The van der Waals surface area contributed by atoms with Gasteiger partial charge in [0.05, 0.1) is 17.3 Å². The predicted octanol–water partition coefficient (Wildman–Crippen LogP) is 5.27. The molecule has 4 rings (SSSR count). The lowest BCUT2D eigenvalue weighted by atomic mass is 9.79. The van der Waals surface area contributed by atoms with Crippen molar-refractivity contribution in [3.05, 3.63) is 64.7 Å². The Bertz CT molecular complexity index is 1130. The van der Waals surface area contributed by atoms with Crippen LogP contribution in [0.25, 0.3) is 11.3 Å². The summed E-state index contributed by atoms with van der Waals surface area (Å²) in [6.07, 6.45) is -4.81. The molecule has 0 aliphatic carbocycles. The van der Waals surface area contributed by atoms with E-state index in [0.717, 1.165) is 17.7 Å². The summed E-state index contributed by atoms with van der Waals surface area (Å²) in [5.41, 5.74) is 2.34. The van der Waals surface area contributed by atoms with Crippen LogP contribution in [0, 0.1) is 22.7 Å². The number of hydrogen-bond acceptors (Lipinski definition) is 5. The van der Waals surface area contributed by atoms with Gasteiger partial charge in [0.15, 0.2) is 0 Å². The molecule has 0 spiro atoms. The molecule has 152 valence electrons. The number of rotatable bonds is 3. The number of alkyl halides is 3. The topological polar surface area (TPSA) is 94.8 Å². The third-order valence-corrected chi connectivity index (χ3v) is 4.90. The van der Waals surface area contributed by atoms with Crippen molar-refractivity contribution < 1.29 is 22.6 Å². The van der Waals surface area contributed by atoms with E-state index < -0.39 is 18.2 Å². The molecule has 2 N–H and O–H groups in total. The highest BCUT2D eigenvalue weighted by molar-refractivity contribution is 6.30. The highest BCUT2D eigenvalue weighted by Gasteiger charge is 2.41. The van der Waals surface area contributed by atoms with Crippen molar-refractivity contribution in [2.24, 2.45) is 5.92 Å². The number of aromatic amines is 1. The lowest BCUT2D eigenvalue weighted by Gasteiger charge is -2.28. The third-order valence-electron chi connectivity index (χ3n) is 4.65. The number of aromatic nitrogens is 2. The van der Waals surface area contributed by atoms with Crippen LogP contribution in [0.5, 0.6) is 11.6 Å². The van der Waals surface area contributed by atoms with Gasteiger partial charge in [0.1, 0.15) is 11.7 Å². The molecule has 2 aromatic carbocycles. The third kappa shape index (κ3) is 3.69. The Hall–Kier alpha value is -3.51. The van der Waals surface area contributed by atoms with Crippen molar-refractivity contribution in [1.82, 2.24) is 10.2 Å². The molecule has 2 atom stereocenters. The van der Waals surface area contributed by atoms with Crippen LogP contribution in [0.4, 0.5) is 13.2 Å². The zero-order valence-corrected chi connectivity index (χ0v) is 15.8. The first kappa shape index (κ1) is 19.8. The van der Waals surface area contributed by atoms with Gasteiger partial charge in [-0.05, 0) is 29.8 Å². The molecule has 10 heteroatoms. The van der Waals surface area contributed by atoms with Crippen LogP contribution in [0.3, 0.4) is 0 Å². The van der Waals surface area contributed by atoms with Crippen LogP contribution >= 0.6 is 11.6 Å². The van der Waals surface area contributed by atoms with Crippen molar-refractivity contribution in [3.8, 4) is 29.0 Å². The number of benzene rings is 2. The van der Waals surface area contributed by atoms with Gasteiger partial charge in [-0.3, -0.25) is 10.5 Å². The Kier molecular flexibility index (Phi) is 4.87. The summed E-state index contributed by atoms with van der Waals surface area (Å²) in [5, 5.41) is 25.3. The Balaban J connectivity index is 1.81. The largest absolute Gasteiger partial charge is 0.573 e. The lowest BCUT2D eigenvalue weighted by Crippen LogP contribution is -2.30. The van der Waals surface area contributed by atoms with Gasteiger partial charge in [0.2, 0.25) is 11.8 Å². The van der Waals surface area contributed by atoms with E-state index in [4.69, 9.17) is 21.7 Å². The van der Waals surface area contributed by atoms with Gasteiger partial charge in [-0.2, -0.15) is 5.26 Å². The highest BCUT2D eigenvalue weighted by atomic mass is 35.5. The van der Waals surface area contributed by atoms with Gasteiger partial charge in [0, 0.05) is 16.5 Å². The van der Waals surface area contributed by atoms with Gasteiger partial charge in [-0.1, -0.05) is 35.9 Å². The molecule has 1 aliphatic heterocycles. The average molecular weight is 433 g/mol. The van der Waals surface area contributed by atoms with E-state index in [1.165, 1.54) is 12.1 Å². The molecule has 0 saturated heterocycles. The maximum atomic E-state index is 12.5. The van der Waals surface area contributed by atoms with Gasteiger partial charge < -0.3 is 9.47 Å². The van der Waals surface area contributed by atoms with E-state index in [1.807, 2.05) is 0 Å². The molecular formula is C20H12ClF3N4O2. The zero-order chi connectivity index (χ0) is 21.5. The zero-order valence-electron chi connectivity index (χ0n) is 15.0. The average Bonchev–Trinajstić information content (AvgIpc) is 3.10. The summed E-state index contributed by atoms with van der Waals surface area (Å²) < 4.78 is 46.7. The fraction of sp³-hybridized carbons (Fsp3) is 0.150. The van der Waals surface area contributed by atoms with Crippen LogP contribution in [0.1, 0.15) is 17.0 Å². The van der Waals surface area contributed by atoms with E-state index in [9.17, 15) is 18.4 Å². The molecule has 0 fully saturated rings. The summed E-state index contributed by atoms with van der Waals surface area (Å²) in [4.78, 5) is 0. The van der Waals surface area contributed by atoms with Gasteiger partial charge in [-0.25, -0.2) is 0 Å². The molecule has 0 radical (unpaired) electrons. The molecule has 0 saturated carbocycles. The maximum Gasteiger partial charge on any atom is 0.573 e. The number of nitrogens with one attached hydrogen (secondary N) is 2. The van der Waals surface area contributed by atoms with Crippen molar-refractivity contribution in [1.29, 1.82) is 10.7 Å². The number of halogens is 4. The minimum absolute atomic E-state index is 0.136. The summed E-state index contributed by atoms with van der Waals surface area (Å²) in [6, 6.07) is 14.1. The first-order valence-corrected chi connectivity index (χ1v) is 9.00. The molecule has 2 unspecified atom stereocenters. The minimum atomic E-state index is -4.81. The molecule has 1 aliphatic rings. The second-order valence-electron chi connectivity index (χ2n) is 6.49. The van der Waals surface area contributed by atoms with Crippen molar-refractivity contribution in [3.63, 3.8) is 0 Å². The Morgan fingerprint density at radius 3 is 2.40 bits per heavy atom. The van der Waals surface area contributed by atoms with Gasteiger partial charge in [0.25, 0.3) is 0 Å². The SMILES string of the molecule is N#CC1C(=N)Oc2n[nH]c(-c3ccc(Cl)cc3)c2C1c1ccc(OC(F)(F)F)cc1. The number of ether oxygens (including phenoxy) is 2. The summed E-state index contributed by atoms with van der Waals surface area (Å²) >= 11 is 5.95. The van der Waals surface area contributed by atoms with E-state index >= 15 is 0 Å². The van der Waals surface area contributed by atoms with Gasteiger partial charge in [-0.15, -0.1) is 18.3 Å². The van der Waals surface area contributed by atoms with Crippen LogP contribution in [-0.2, 0) is 0 Å². The van der Waals surface area contributed by atoms with E-state index in [2.05, 4.69) is 21.0 Å². The molecule has 0 amide bonds. The van der Waals surface area contributed by atoms with Crippen LogP contribution in [0.15, 0.2) is 48.5 Å². The highest BCUT2D eigenvalue weighted by Crippen LogP contribution is 2.46. The summed E-state index contributed by atoms with van der Waals surface area (Å²) in [6.45, 7) is 0. The van der Waals surface area contributed by atoms with Crippen LogP contribution in [0.2, 0.25) is 5.02 Å². The second kappa shape index (κ2) is 7.39. The molecule has 3 aromatic rings. The molecule has 0 bridgehead atoms. The molecule has 30 heavy (non-hydrogen) atoms. The molecule has 2 heterocycles. The lowest BCUT2D eigenvalue weighted by molar-refractivity contribution is -0.274.